The van der Waals surface area contributed by atoms with Crippen LogP contribution in [0.2, 0.25) is 0 Å². The summed E-state index contributed by atoms with van der Waals surface area (Å²) in [4.78, 5) is 0. The summed E-state index contributed by atoms with van der Waals surface area (Å²) in [6, 6.07) is 0.586. The van der Waals surface area contributed by atoms with Gasteiger partial charge in [-0.2, -0.15) is 0 Å². The van der Waals surface area contributed by atoms with Gasteiger partial charge in [-0.05, 0) is 41.3 Å². The van der Waals surface area contributed by atoms with Crippen molar-refractivity contribution in [2.45, 2.75) is 38.8 Å². The summed E-state index contributed by atoms with van der Waals surface area (Å²) in [6.45, 7) is 6.61. The van der Waals surface area contributed by atoms with Gasteiger partial charge in [0, 0.05) is 11.6 Å². The van der Waals surface area contributed by atoms with Gasteiger partial charge in [-0.25, -0.2) is 0 Å². The standard InChI is InChI=1S/C8H20N2/c1-7(9-4)6-8(2,3)10-5/h7,9-10H,6H2,1-5H3/t7-/m0/s1. The van der Waals surface area contributed by atoms with E-state index in [0.29, 0.717) is 6.04 Å². The highest BCUT2D eigenvalue weighted by molar-refractivity contribution is 4.79. The molecule has 0 rings (SSSR count). The molecule has 0 aliphatic heterocycles. The molecule has 0 saturated carbocycles. The van der Waals surface area contributed by atoms with E-state index in [1.807, 2.05) is 14.1 Å². The van der Waals surface area contributed by atoms with Crippen molar-refractivity contribution in [2.75, 3.05) is 14.1 Å². The summed E-state index contributed by atoms with van der Waals surface area (Å²) in [7, 11) is 4.00. The van der Waals surface area contributed by atoms with Crippen molar-refractivity contribution in [3.05, 3.63) is 0 Å². The van der Waals surface area contributed by atoms with E-state index in [4.69, 9.17) is 0 Å². The van der Waals surface area contributed by atoms with Gasteiger partial charge in [0.05, 0.1) is 0 Å². The fraction of sp³-hybridized carbons (Fsp3) is 1.00. The zero-order chi connectivity index (χ0) is 8.20. The summed E-state index contributed by atoms with van der Waals surface area (Å²) in [6.07, 6.45) is 1.15. The largest absolute Gasteiger partial charge is 0.317 e. The number of rotatable bonds is 4. The van der Waals surface area contributed by atoms with Gasteiger partial charge in [0.1, 0.15) is 0 Å². The SMILES string of the molecule is CN[C@@H](C)CC(C)(C)NC. The molecule has 0 aromatic rings. The highest BCUT2D eigenvalue weighted by atomic mass is 14.9. The topological polar surface area (TPSA) is 24.1 Å². The second-order valence-corrected chi connectivity index (χ2v) is 3.53. The van der Waals surface area contributed by atoms with E-state index in [0.717, 1.165) is 6.42 Å². The molecule has 0 saturated heterocycles. The first-order valence-corrected chi connectivity index (χ1v) is 3.88. The van der Waals surface area contributed by atoms with Gasteiger partial charge in [0.25, 0.3) is 0 Å². The van der Waals surface area contributed by atoms with E-state index in [-0.39, 0.29) is 5.54 Å². The molecule has 1 atom stereocenters. The van der Waals surface area contributed by atoms with Crippen LogP contribution in [0.4, 0.5) is 0 Å². The van der Waals surface area contributed by atoms with Crippen LogP contribution >= 0.6 is 0 Å². The molecule has 0 fully saturated rings. The molecule has 2 N–H and O–H groups in total. The quantitative estimate of drug-likeness (QED) is 0.614. The van der Waals surface area contributed by atoms with Crippen LogP contribution < -0.4 is 10.6 Å². The predicted octanol–water partition coefficient (Wildman–Crippen LogP) is 0.982. The molecule has 0 amide bonds. The summed E-state index contributed by atoms with van der Waals surface area (Å²) in [5, 5.41) is 6.48. The summed E-state index contributed by atoms with van der Waals surface area (Å²) >= 11 is 0. The Balaban J connectivity index is 3.64. The zero-order valence-corrected chi connectivity index (χ0v) is 7.78. The van der Waals surface area contributed by atoms with Crippen LogP contribution in [0.25, 0.3) is 0 Å². The monoisotopic (exact) mass is 144 g/mol. The molecule has 0 bridgehead atoms. The number of nitrogens with one attached hydrogen (secondary N) is 2. The molecular formula is C8H20N2. The van der Waals surface area contributed by atoms with Crippen molar-refractivity contribution < 1.29 is 0 Å². The van der Waals surface area contributed by atoms with Crippen LogP contribution in [0.15, 0.2) is 0 Å². The first kappa shape index (κ1) is 9.92. The summed E-state index contributed by atoms with van der Waals surface area (Å²) in [5.74, 6) is 0. The molecule has 0 radical (unpaired) electrons. The molecular weight excluding hydrogens is 124 g/mol. The van der Waals surface area contributed by atoms with Gasteiger partial charge < -0.3 is 10.6 Å². The molecule has 0 spiro atoms. The Kier molecular flexibility index (Phi) is 3.91. The average molecular weight is 144 g/mol. The maximum atomic E-state index is 3.27. The lowest BCUT2D eigenvalue weighted by Gasteiger charge is -2.27. The Hall–Kier alpha value is -0.0800. The van der Waals surface area contributed by atoms with Crippen molar-refractivity contribution in [3.8, 4) is 0 Å². The molecule has 2 heteroatoms. The van der Waals surface area contributed by atoms with Crippen molar-refractivity contribution in [1.82, 2.24) is 10.6 Å². The molecule has 62 valence electrons. The van der Waals surface area contributed by atoms with Crippen LogP contribution in [0.3, 0.4) is 0 Å². The van der Waals surface area contributed by atoms with Gasteiger partial charge in [-0.3, -0.25) is 0 Å². The van der Waals surface area contributed by atoms with Crippen LogP contribution in [-0.4, -0.2) is 25.7 Å². The molecule has 0 aromatic carbocycles. The third kappa shape index (κ3) is 3.85. The second-order valence-electron chi connectivity index (χ2n) is 3.53. The van der Waals surface area contributed by atoms with Gasteiger partial charge >= 0.3 is 0 Å². The van der Waals surface area contributed by atoms with Crippen LogP contribution in [0, 0.1) is 0 Å². The van der Waals surface area contributed by atoms with Crippen LogP contribution in [0.1, 0.15) is 27.2 Å². The van der Waals surface area contributed by atoms with Crippen molar-refractivity contribution >= 4 is 0 Å². The first-order chi connectivity index (χ1) is 4.52. The minimum atomic E-state index is 0.252. The summed E-state index contributed by atoms with van der Waals surface area (Å²) < 4.78 is 0. The minimum Gasteiger partial charge on any atom is -0.317 e. The number of hydrogen-bond acceptors (Lipinski definition) is 2. The normalized spacial score (nSPS) is 15.3. The van der Waals surface area contributed by atoms with Crippen LogP contribution in [-0.2, 0) is 0 Å². The smallest absolute Gasteiger partial charge is 0.0136 e. The third-order valence-electron chi connectivity index (χ3n) is 1.99. The van der Waals surface area contributed by atoms with Gasteiger partial charge in [-0.1, -0.05) is 0 Å². The maximum absolute atomic E-state index is 3.27. The third-order valence-corrected chi connectivity index (χ3v) is 1.99. The van der Waals surface area contributed by atoms with E-state index in [9.17, 15) is 0 Å². The van der Waals surface area contributed by atoms with Crippen molar-refractivity contribution in [1.29, 1.82) is 0 Å². The molecule has 10 heavy (non-hydrogen) atoms. The molecule has 0 aliphatic rings. The Bertz CT molecular complexity index is 89.3. The van der Waals surface area contributed by atoms with Crippen LogP contribution in [0.5, 0.6) is 0 Å². The Morgan fingerprint density at radius 2 is 1.80 bits per heavy atom. The Morgan fingerprint density at radius 1 is 1.30 bits per heavy atom. The van der Waals surface area contributed by atoms with Gasteiger partial charge in [0.15, 0.2) is 0 Å². The molecule has 2 nitrogen and oxygen atoms in total. The Morgan fingerprint density at radius 3 is 2.10 bits per heavy atom. The lowest BCUT2D eigenvalue weighted by atomic mass is 9.96. The van der Waals surface area contributed by atoms with Crippen molar-refractivity contribution in [2.24, 2.45) is 0 Å². The fourth-order valence-electron chi connectivity index (χ4n) is 0.970. The lowest BCUT2D eigenvalue weighted by Crippen LogP contribution is -2.41. The second kappa shape index (κ2) is 3.94. The number of hydrogen-bond donors (Lipinski definition) is 2. The lowest BCUT2D eigenvalue weighted by molar-refractivity contribution is 0.347. The summed E-state index contributed by atoms with van der Waals surface area (Å²) in [5.41, 5.74) is 0.252. The highest BCUT2D eigenvalue weighted by Gasteiger charge is 2.16. The molecule has 0 unspecified atom stereocenters. The highest BCUT2D eigenvalue weighted by Crippen LogP contribution is 2.09. The maximum Gasteiger partial charge on any atom is 0.0136 e. The van der Waals surface area contributed by atoms with Gasteiger partial charge in [-0.15, -0.1) is 0 Å². The fourth-order valence-corrected chi connectivity index (χ4v) is 0.970. The Labute approximate surface area is 64.4 Å². The van der Waals surface area contributed by atoms with E-state index in [1.54, 1.807) is 0 Å². The van der Waals surface area contributed by atoms with E-state index >= 15 is 0 Å². The average Bonchev–Trinajstić information content (AvgIpc) is 1.87. The molecule has 0 aliphatic carbocycles. The van der Waals surface area contributed by atoms with E-state index in [2.05, 4.69) is 31.4 Å². The van der Waals surface area contributed by atoms with Gasteiger partial charge in [0.2, 0.25) is 0 Å². The molecule has 0 heterocycles. The van der Waals surface area contributed by atoms with Crippen molar-refractivity contribution in [3.63, 3.8) is 0 Å². The minimum absolute atomic E-state index is 0.252. The first-order valence-electron chi connectivity index (χ1n) is 3.88. The van der Waals surface area contributed by atoms with E-state index < -0.39 is 0 Å². The molecule has 0 aromatic heterocycles. The van der Waals surface area contributed by atoms with E-state index in [1.165, 1.54) is 0 Å². The zero-order valence-electron chi connectivity index (χ0n) is 7.78. The predicted molar refractivity (Wildman–Crippen MR) is 46.3 cm³/mol.